The Balaban J connectivity index is 0.000000398. The van der Waals surface area contributed by atoms with Crippen LogP contribution >= 0.6 is 0 Å². The lowest BCUT2D eigenvalue weighted by molar-refractivity contribution is 0.117. The zero-order chi connectivity index (χ0) is 23.9. The summed E-state index contributed by atoms with van der Waals surface area (Å²) in [5, 5.41) is 0. The molecule has 2 nitrogen and oxygen atoms in total. The molecule has 2 unspecified atom stereocenters. The van der Waals surface area contributed by atoms with E-state index in [-0.39, 0.29) is 10.8 Å². The molecule has 0 bridgehead atoms. The van der Waals surface area contributed by atoms with Crippen molar-refractivity contribution in [3.63, 3.8) is 0 Å². The van der Waals surface area contributed by atoms with Gasteiger partial charge in [0.1, 0.15) is 6.26 Å². The Bertz CT molecular complexity index is 1020. The monoisotopic (exact) mass is 451 g/mol. The summed E-state index contributed by atoms with van der Waals surface area (Å²) in [7, 11) is 0. The molecule has 3 aromatic rings. The van der Waals surface area contributed by atoms with Crippen molar-refractivity contribution < 1.29 is 4.84 Å². The molecular formula is C32H37NO. The van der Waals surface area contributed by atoms with Gasteiger partial charge in [-0.2, -0.15) is 0 Å². The number of hydroxylamine groups is 1. The van der Waals surface area contributed by atoms with E-state index >= 15 is 0 Å². The Morgan fingerprint density at radius 3 is 1.68 bits per heavy atom. The van der Waals surface area contributed by atoms with Crippen LogP contribution in [-0.4, -0.2) is 0 Å². The van der Waals surface area contributed by atoms with Gasteiger partial charge in [0.05, 0.1) is 0 Å². The molecule has 2 atom stereocenters. The van der Waals surface area contributed by atoms with E-state index in [0.29, 0.717) is 5.92 Å². The molecule has 1 heterocycles. The molecule has 0 radical (unpaired) electrons. The first-order valence-electron chi connectivity index (χ1n) is 12.5. The Labute approximate surface area is 205 Å². The first-order chi connectivity index (χ1) is 16.6. The van der Waals surface area contributed by atoms with Crippen molar-refractivity contribution in [2.75, 3.05) is 0 Å². The van der Waals surface area contributed by atoms with E-state index < -0.39 is 0 Å². The molecule has 1 fully saturated rings. The highest BCUT2D eigenvalue weighted by molar-refractivity contribution is 5.49. The smallest absolute Gasteiger partial charge is 0.119 e. The molecule has 0 amide bonds. The van der Waals surface area contributed by atoms with Crippen molar-refractivity contribution in [1.29, 1.82) is 0 Å². The second kappa shape index (κ2) is 10.8. The van der Waals surface area contributed by atoms with Gasteiger partial charge in [0.25, 0.3) is 0 Å². The van der Waals surface area contributed by atoms with Crippen molar-refractivity contribution in [3.8, 4) is 0 Å². The van der Waals surface area contributed by atoms with Gasteiger partial charge >= 0.3 is 0 Å². The van der Waals surface area contributed by atoms with Gasteiger partial charge in [0.2, 0.25) is 0 Å². The quantitative estimate of drug-likeness (QED) is 0.435. The molecule has 1 saturated carbocycles. The van der Waals surface area contributed by atoms with Gasteiger partial charge in [-0.3, -0.25) is 0 Å². The second-order valence-corrected chi connectivity index (χ2v) is 10.0. The van der Waals surface area contributed by atoms with E-state index in [1.54, 1.807) is 18.5 Å². The topological polar surface area (TPSA) is 21.3 Å². The molecule has 0 spiro atoms. The summed E-state index contributed by atoms with van der Waals surface area (Å²) in [6.45, 7) is 7.31. The maximum atomic E-state index is 4.55. The molecule has 2 aliphatic rings. The minimum absolute atomic E-state index is 0.0237. The van der Waals surface area contributed by atoms with E-state index in [1.165, 1.54) is 36.0 Å². The lowest BCUT2D eigenvalue weighted by atomic mass is 9.47. The fourth-order valence-corrected chi connectivity index (χ4v) is 5.92. The fraction of sp³-hybridized carbons (Fsp3) is 0.312. The average molecular weight is 452 g/mol. The van der Waals surface area contributed by atoms with E-state index in [9.17, 15) is 0 Å². The van der Waals surface area contributed by atoms with E-state index in [4.69, 9.17) is 0 Å². The van der Waals surface area contributed by atoms with Crippen LogP contribution in [0.2, 0.25) is 0 Å². The van der Waals surface area contributed by atoms with E-state index in [2.05, 4.69) is 122 Å². The van der Waals surface area contributed by atoms with Gasteiger partial charge in [0, 0.05) is 17.0 Å². The summed E-state index contributed by atoms with van der Waals surface area (Å²) < 4.78 is 0. The SMILES string of the molecule is C1=CNOC=C1.CC(C)C1CCC(C)(c2ccccc2)C(c2ccccc2)(c2ccccc2)C1. The average Bonchev–Trinajstić information content (AvgIpc) is 2.92. The molecule has 1 N–H and O–H groups in total. The summed E-state index contributed by atoms with van der Waals surface area (Å²) in [5.74, 6) is 1.43. The van der Waals surface area contributed by atoms with Crippen LogP contribution < -0.4 is 5.48 Å². The Morgan fingerprint density at radius 2 is 1.29 bits per heavy atom. The summed E-state index contributed by atoms with van der Waals surface area (Å²) >= 11 is 0. The highest BCUT2D eigenvalue weighted by atomic mass is 16.6. The molecule has 0 saturated heterocycles. The number of allylic oxidation sites excluding steroid dienone is 2. The third-order valence-electron chi connectivity index (χ3n) is 7.90. The van der Waals surface area contributed by atoms with E-state index in [0.717, 1.165) is 5.92 Å². The minimum atomic E-state index is -0.0237. The second-order valence-electron chi connectivity index (χ2n) is 10.0. The zero-order valence-electron chi connectivity index (χ0n) is 20.7. The maximum absolute atomic E-state index is 4.55. The van der Waals surface area contributed by atoms with Gasteiger partial charge in [-0.15, -0.1) is 0 Å². The zero-order valence-corrected chi connectivity index (χ0v) is 20.7. The molecule has 2 heteroatoms. The number of rotatable bonds is 4. The number of benzene rings is 3. The van der Waals surface area contributed by atoms with Crippen LogP contribution in [0.25, 0.3) is 0 Å². The van der Waals surface area contributed by atoms with Crippen LogP contribution in [0, 0.1) is 11.8 Å². The van der Waals surface area contributed by atoms with Gasteiger partial charge < -0.3 is 4.84 Å². The standard InChI is InChI=1S/C28H32.C4H5NO/c1-22(2)23-19-20-27(3,24-13-7-4-8-14-24)28(21-23,25-15-9-5-10-16-25)26-17-11-6-12-18-26;1-2-4-6-5-3-1/h4-18,22-23H,19-21H2,1-3H3;1-5H. The number of nitrogens with one attached hydrogen (secondary N) is 1. The molecule has 34 heavy (non-hydrogen) atoms. The van der Waals surface area contributed by atoms with Crippen LogP contribution in [0.3, 0.4) is 0 Å². The van der Waals surface area contributed by atoms with Crippen molar-refractivity contribution in [1.82, 2.24) is 5.48 Å². The van der Waals surface area contributed by atoms with Crippen LogP contribution in [0.15, 0.2) is 116 Å². The van der Waals surface area contributed by atoms with Gasteiger partial charge in [-0.1, -0.05) is 112 Å². The highest BCUT2D eigenvalue weighted by Crippen LogP contribution is 2.59. The summed E-state index contributed by atoms with van der Waals surface area (Å²) in [5.41, 5.74) is 6.93. The third-order valence-corrected chi connectivity index (χ3v) is 7.90. The molecule has 176 valence electrons. The van der Waals surface area contributed by atoms with Crippen molar-refractivity contribution >= 4 is 0 Å². The summed E-state index contributed by atoms with van der Waals surface area (Å²) in [6.07, 6.45) is 10.6. The predicted octanol–water partition coefficient (Wildman–Crippen LogP) is 7.94. The first kappa shape index (κ1) is 23.9. The van der Waals surface area contributed by atoms with Crippen LogP contribution in [0.4, 0.5) is 0 Å². The summed E-state index contributed by atoms with van der Waals surface area (Å²) in [4.78, 5) is 4.55. The molecule has 5 rings (SSSR count). The van der Waals surface area contributed by atoms with Crippen LogP contribution in [0.5, 0.6) is 0 Å². The van der Waals surface area contributed by atoms with Crippen LogP contribution in [0.1, 0.15) is 56.7 Å². The van der Waals surface area contributed by atoms with E-state index in [1.807, 2.05) is 6.08 Å². The molecule has 1 aliphatic heterocycles. The number of hydrogen-bond acceptors (Lipinski definition) is 2. The predicted molar refractivity (Wildman–Crippen MR) is 142 cm³/mol. The normalized spacial score (nSPS) is 22.8. The Hall–Kier alpha value is -3.26. The Kier molecular flexibility index (Phi) is 7.57. The Morgan fingerprint density at radius 1 is 0.765 bits per heavy atom. The third kappa shape index (κ3) is 4.68. The number of hydrogen-bond donors (Lipinski definition) is 1. The van der Waals surface area contributed by atoms with Crippen molar-refractivity contribution in [3.05, 3.63) is 132 Å². The van der Waals surface area contributed by atoms with Crippen LogP contribution in [-0.2, 0) is 15.7 Å². The largest absolute Gasteiger partial charge is 0.391 e. The lowest BCUT2D eigenvalue weighted by Crippen LogP contribution is -2.53. The van der Waals surface area contributed by atoms with Crippen molar-refractivity contribution in [2.24, 2.45) is 11.8 Å². The maximum Gasteiger partial charge on any atom is 0.119 e. The van der Waals surface area contributed by atoms with Gasteiger partial charge in [0.15, 0.2) is 0 Å². The lowest BCUT2D eigenvalue weighted by Gasteiger charge is -2.56. The summed E-state index contributed by atoms with van der Waals surface area (Å²) in [6, 6.07) is 33.8. The molecule has 3 aromatic carbocycles. The molecule has 0 aromatic heterocycles. The molecular weight excluding hydrogens is 414 g/mol. The first-order valence-corrected chi connectivity index (χ1v) is 12.5. The van der Waals surface area contributed by atoms with Crippen molar-refractivity contribution in [2.45, 2.75) is 50.9 Å². The highest BCUT2D eigenvalue weighted by Gasteiger charge is 2.54. The minimum Gasteiger partial charge on any atom is -0.391 e. The van der Waals surface area contributed by atoms with Gasteiger partial charge in [-0.05, 0) is 59.9 Å². The van der Waals surface area contributed by atoms with Gasteiger partial charge in [-0.25, -0.2) is 5.48 Å². The molecule has 1 aliphatic carbocycles. The fourth-order valence-electron chi connectivity index (χ4n) is 5.92.